The summed E-state index contributed by atoms with van der Waals surface area (Å²) in [6.07, 6.45) is 2.86. The zero-order chi connectivity index (χ0) is 20.5. The van der Waals surface area contributed by atoms with E-state index >= 15 is 0 Å². The lowest BCUT2D eigenvalue weighted by molar-refractivity contribution is -0.922. The lowest BCUT2D eigenvalue weighted by Gasteiger charge is -2.29. The number of piperidine rings is 1. The molecule has 0 bridgehead atoms. The molecule has 4 rings (SSSR count). The molecule has 0 radical (unpaired) electrons. The van der Waals surface area contributed by atoms with E-state index < -0.39 is 0 Å². The maximum Gasteiger partial charge on any atom is 0.340 e. The predicted molar refractivity (Wildman–Crippen MR) is 114 cm³/mol. The van der Waals surface area contributed by atoms with Gasteiger partial charge in [-0.1, -0.05) is 54.6 Å². The summed E-state index contributed by atoms with van der Waals surface area (Å²) in [4.78, 5) is 14.2. The van der Waals surface area contributed by atoms with Crippen LogP contribution in [0.2, 0.25) is 5.02 Å². The van der Waals surface area contributed by atoms with Crippen LogP contribution < -0.4 is 15.6 Å². The third-order valence-electron chi connectivity index (χ3n) is 6.09. The standard InChI is InChI=1S/C24H26ClNO3/c1-15-7-6-10-26(13-15)14-20-22(27)21(25)12-18-16(2)19(24(28)29-23(18)20)11-17-8-4-3-5-9-17/h3-5,8-9,12,15,27H,6-7,10-11,13-14H2,1-2H3. The number of hydrogen-bond donors (Lipinski definition) is 1. The molecule has 4 nitrogen and oxygen atoms in total. The van der Waals surface area contributed by atoms with Crippen molar-refractivity contribution < 1.29 is 14.4 Å². The van der Waals surface area contributed by atoms with Gasteiger partial charge in [-0.15, -0.1) is 0 Å². The molecule has 5 heteroatoms. The van der Waals surface area contributed by atoms with E-state index in [1.807, 2.05) is 37.3 Å². The number of rotatable bonds is 4. The highest BCUT2D eigenvalue weighted by molar-refractivity contribution is 6.33. The second kappa shape index (κ2) is 8.21. The molecule has 0 aliphatic carbocycles. The molecule has 1 saturated heterocycles. The molecule has 1 aromatic heterocycles. The van der Waals surface area contributed by atoms with E-state index in [0.717, 1.165) is 36.0 Å². The average Bonchev–Trinajstić information content (AvgIpc) is 2.71. The van der Waals surface area contributed by atoms with Gasteiger partial charge in [0.2, 0.25) is 0 Å². The number of hydrogen-bond acceptors (Lipinski definition) is 3. The highest BCUT2D eigenvalue weighted by Crippen LogP contribution is 2.34. The fourth-order valence-corrected chi connectivity index (χ4v) is 4.73. The van der Waals surface area contributed by atoms with Gasteiger partial charge in [-0.3, -0.25) is 0 Å². The Morgan fingerprint density at radius 3 is 2.72 bits per heavy atom. The Hall–Kier alpha value is -2.30. The Morgan fingerprint density at radius 2 is 2.00 bits per heavy atom. The maximum atomic E-state index is 12.8. The number of aryl methyl sites for hydroxylation is 1. The molecule has 2 heterocycles. The number of fused-ring (bicyclic) bond motifs is 1. The lowest BCUT2D eigenvalue weighted by atomic mass is 9.97. The molecule has 0 spiro atoms. The van der Waals surface area contributed by atoms with Crippen LogP contribution in [0.15, 0.2) is 45.6 Å². The minimum Gasteiger partial charge on any atom is -0.871 e. The van der Waals surface area contributed by atoms with Crippen molar-refractivity contribution in [2.24, 2.45) is 5.92 Å². The average molecular weight is 412 g/mol. The first kappa shape index (κ1) is 20.0. The Morgan fingerprint density at radius 1 is 1.24 bits per heavy atom. The Labute approximate surface area is 175 Å². The summed E-state index contributed by atoms with van der Waals surface area (Å²) in [5, 5.41) is 13.8. The first-order valence-electron chi connectivity index (χ1n) is 10.3. The van der Waals surface area contributed by atoms with Crippen molar-refractivity contribution in [1.29, 1.82) is 0 Å². The Balaban J connectivity index is 1.80. The normalized spacial score (nSPS) is 19.6. The van der Waals surface area contributed by atoms with E-state index in [4.69, 9.17) is 16.0 Å². The van der Waals surface area contributed by atoms with Crippen molar-refractivity contribution in [3.63, 3.8) is 0 Å². The van der Waals surface area contributed by atoms with Crippen LogP contribution in [0.1, 0.15) is 42.0 Å². The molecular weight excluding hydrogens is 386 g/mol. The molecule has 29 heavy (non-hydrogen) atoms. The van der Waals surface area contributed by atoms with E-state index in [1.165, 1.54) is 11.3 Å². The molecule has 1 fully saturated rings. The predicted octanol–water partition coefficient (Wildman–Crippen LogP) is 3.23. The van der Waals surface area contributed by atoms with Crippen molar-refractivity contribution >= 4 is 22.6 Å². The van der Waals surface area contributed by atoms with Gasteiger partial charge in [0.1, 0.15) is 12.1 Å². The number of nitrogens with one attached hydrogen (secondary N) is 1. The summed E-state index contributed by atoms with van der Waals surface area (Å²) >= 11 is 6.32. The minimum absolute atomic E-state index is 0.194. The van der Waals surface area contributed by atoms with Crippen LogP contribution in [-0.4, -0.2) is 13.1 Å². The molecule has 2 aromatic carbocycles. The summed E-state index contributed by atoms with van der Waals surface area (Å²) < 4.78 is 5.75. The highest BCUT2D eigenvalue weighted by atomic mass is 35.5. The van der Waals surface area contributed by atoms with Gasteiger partial charge in [-0.2, -0.15) is 0 Å². The van der Waals surface area contributed by atoms with Crippen molar-refractivity contribution in [3.05, 3.63) is 74.1 Å². The van der Waals surface area contributed by atoms with Crippen LogP contribution in [0, 0.1) is 12.8 Å². The molecule has 2 unspecified atom stereocenters. The summed E-state index contributed by atoms with van der Waals surface area (Å²) in [6, 6.07) is 11.5. The van der Waals surface area contributed by atoms with Gasteiger partial charge in [0, 0.05) is 33.9 Å². The van der Waals surface area contributed by atoms with Crippen LogP contribution in [0.5, 0.6) is 5.75 Å². The van der Waals surface area contributed by atoms with Crippen LogP contribution in [0.4, 0.5) is 0 Å². The summed E-state index contributed by atoms with van der Waals surface area (Å²) in [7, 11) is 0. The molecule has 3 aromatic rings. The highest BCUT2D eigenvalue weighted by Gasteiger charge is 2.23. The first-order chi connectivity index (χ1) is 13.9. The van der Waals surface area contributed by atoms with Crippen LogP contribution >= 0.6 is 11.6 Å². The van der Waals surface area contributed by atoms with Crippen LogP contribution in [0.25, 0.3) is 11.0 Å². The Bertz CT molecular complexity index is 1090. The molecule has 2 atom stereocenters. The topological polar surface area (TPSA) is 57.7 Å². The molecule has 1 aliphatic rings. The van der Waals surface area contributed by atoms with E-state index in [2.05, 4.69) is 6.92 Å². The van der Waals surface area contributed by atoms with E-state index in [1.54, 1.807) is 6.07 Å². The summed E-state index contributed by atoms with van der Waals surface area (Å²) in [6.45, 7) is 6.74. The quantitative estimate of drug-likeness (QED) is 0.670. The summed E-state index contributed by atoms with van der Waals surface area (Å²) in [5.41, 5.74) is 3.06. The second-order valence-corrected chi connectivity index (χ2v) is 8.73. The first-order valence-corrected chi connectivity index (χ1v) is 10.6. The zero-order valence-corrected chi connectivity index (χ0v) is 17.6. The number of halogens is 1. The maximum absolute atomic E-state index is 12.8. The molecule has 0 amide bonds. The fraction of sp³-hybridized carbons (Fsp3) is 0.375. The monoisotopic (exact) mass is 411 g/mol. The van der Waals surface area contributed by atoms with Gasteiger partial charge in [0.05, 0.1) is 13.1 Å². The minimum atomic E-state index is -0.371. The SMILES string of the molecule is Cc1c(Cc2ccccc2)c(=O)oc2c(C[NH+]3CCCC(C)C3)c([O-])c(Cl)cc12. The van der Waals surface area contributed by atoms with Gasteiger partial charge in [0.15, 0.2) is 0 Å². The van der Waals surface area contributed by atoms with Gasteiger partial charge in [-0.25, -0.2) is 4.79 Å². The van der Waals surface area contributed by atoms with Crippen molar-refractivity contribution in [1.82, 2.24) is 0 Å². The Kier molecular flexibility index (Phi) is 5.66. The lowest BCUT2D eigenvalue weighted by Crippen LogP contribution is -3.12. The van der Waals surface area contributed by atoms with Crippen LogP contribution in [-0.2, 0) is 13.0 Å². The molecule has 1 aliphatic heterocycles. The van der Waals surface area contributed by atoms with E-state index in [-0.39, 0.29) is 16.4 Å². The third kappa shape index (κ3) is 4.05. The van der Waals surface area contributed by atoms with Gasteiger partial charge >= 0.3 is 5.63 Å². The van der Waals surface area contributed by atoms with Gasteiger partial charge in [0.25, 0.3) is 0 Å². The van der Waals surface area contributed by atoms with Crippen LogP contribution in [0.3, 0.4) is 0 Å². The molecule has 0 saturated carbocycles. The second-order valence-electron chi connectivity index (χ2n) is 8.33. The smallest absolute Gasteiger partial charge is 0.340 e. The zero-order valence-electron chi connectivity index (χ0n) is 16.9. The van der Waals surface area contributed by atoms with Crippen molar-refractivity contribution in [2.75, 3.05) is 13.1 Å². The molecule has 1 N–H and O–H groups in total. The number of benzene rings is 2. The largest absolute Gasteiger partial charge is 0.871 e. The van der Waals surface area contributed by atoms with Crippen molar-refractivity contribution in [3.8, 4) is 5.75 Å². The van der Waals surface area contributed by atoms with E-state index in [0.29, 0.717) is 35.6 Å². The third-order valence-corrected chi connectivity index (χ3v) is 6.37. The van der Waals surface area contributed by atoms with Crippen molar-refractivity contribution in [2.45, 2.75) is 39.7 Å². The fourth-order valence-electron chi connectivity index (χ4n) is 4.51. The molecule has 152 valence electrons. The molecular formula is C24H26ClNO3. The number of quaternary nitrogens is 1. The number of likely N-dealkylation sites (tertiary alicyclic amines) is 1. The van der Waals surface area contributed by atoms with E-state index in [9.17, 15) is 9.90 Å². The van der Waals surface area contributed by atoms with Gasteiger partial charge in [-0.05, 0) is 37.0 Å². The summed E-state index contributed by atoms with van der Waals surface area (Å²) in [5.74, 6) is 0.411. The van der Waals surface area contributed by atoms with Gasteiger partial charge < -0.3 is 14.4 Å².